The summed E-state index contributed by atoms with van der Waals surface area (Å²) in [6, 6.07) is 12.6. The van der Waals surface area contributed by atoms with Gasteiger partial charge in [0.1, 0.15) is 0 Å². The molecule has 1 heterocycles. The number of rotatable bonds is 5. The first kappa shape index (κ1) is 19.9. The van der Waals surface area contributed by atoms with Gasteiger partial charge in [-0.15, -0.1) is 0 Å². The quantitative estimate of drug-likeness (QED) is 0.779. The Morgan fingerprint density at radius 2 is 1.89 bits per heavy atom. The standard InChI is InChI=1S/C21H21ClN2O4/c1-13-6-8-16(9-7-13)23-19(25)12-28-21(27)15-10-20(26)24(11-15)18-5-3-4-17(22)14(18)2/h3-9,15H,10-12H2,1-2H3,(H,23,25)/t15-/m0/s1. The van der Waals surface area contributed by atoms with Gasteiger partial charge < -0.3 is 15.0 Å². The number of halogens is 1. The Labute approximate surface area is 168 Å². The number of carbonyl (C=O) groups excluding carboxylic acids is 3. The van der Waals surface area contributed by atoms with Crippen molar-refractivity contribution in [1.82, 2.24) is 0 Å². The monoisotopic (exact) mass is 400 g/mol. The highest BCUT2D eigenvalue weighted by atomic mass is 35.5. The summed E-state index contributed by atoms with van der Waals surface area (Å²) in [4.78, 5) is 38.2. The van der Waals surface area contributed by atoms with Gasteiger partial charge in [-0.3, -0.25) is 14.4 Å². The van der Waals surface area contributed by atoms with Gasteiger partial charge in [-0.1, -0.05) is 35.4 Å². The zero-order valence-corrected chi connectivity index (χ0v) is 16.5. The van der Waals surface area contributed by atoms with Gasteiger partial charge >= 0.3 is 5.97 Å². The molecular weight excluding hydrogens is 380 g/mol. The Morgan fingerprint density at radius 3 is 2.61 bits per heavy atom. The van der Waals surface area contributed by atoms with E-state index >= 15 is 0 Å². The lowest BCUT2D eigenvalue weighted by molar-refractivity contribution is -0.151. The van der Waals surface area contributed by atoms with Crippen molar-refractivity contribution < 1.29 is 19.1 Å². The Bertz CT molecular complexity index is 911. The number of hydrogen-bond donors (Lipinski definition) is 1. The molecule has 2 aromatic carbocycles. The van der Waals surface area contributed by atoms with E-state index < -0.39 is 24.4 Å². The molecule has 3 rings (SSSR count). The fourth-order valence-corrected chi connectivity index (χ4v) is 3.24. The highest BCUT2D eigenvalue weighted by Crippen LogP contribution is 2.31. The number of benzene rings is 2. The number of aryl methyl sites for hydroxylation is 1. The van der Waals surface area contributed by atoms with E-state index in [0.717, 1.165) is 11.1 Å². The fourth-order valence-electron chi connectivity index (χ4n) is 3.08. The van der Waals surface area contributed by atoms with E-state index in [1.807, 2.05) is 26.0 Å². The van der Waals surface area contributed by atoms with Gasteiger partial charge in [-0.25, -0.2) is 0 Å². The predicted molar refractivity (Wildman–Crippen MR) is 107 cm³/mol. The number of esters is 1. The second-order valence-corrected chi connectivity index (χ2v) is 7.22. The first-order chi connectivity index (χ1) is 13.3. The van der Waals surface area contributed by atoms with E-state index in [2.05, 4.69) is 5.32 Å². The van der Waals surface area contributed by atoms with Gasteiger partial charge in [0.2, 0.25) is 5.91 Å². The summed E-state index contributed by atoms with van der Waals surface area (Å²) < 4.78 is 5.11. The van der Waals surface area contributed by atoms with Crippen LogP contribution in [0.15, 0.2) is 42.5 Å². The summed E-state index contributed by atoms with van der Waals surface area (Å²) in [7, 11) is 0. The molecule has 0 spiro atoms. The van der Waals surface area contributed by atoms with Crippen LogP contribution in [-0.4, -0.2) is 30.9 Å². The van der Waals surface area contributed by atoms with Crippen molar-refractivity contribution in [3.8, 4) is 0 Å². The van der Waals surface area contributed by atoms with Gasteiger partial charge in [0, 0.05) is 29.4 Å². The van der Waals surface area contributed by atoms with Crippen molar-refractivity contribution in [2.45, 2.75) is 20.3 Å². The molecule has 0 aliphatic carbocycles. The maximum atomic E-state index is 12.4. The van der Waals surface area contributed by atoms with E-state index in [1.54, 1.807) is 35.2 Å². The highest BCUT2D eigenvalue weighted by molar-refractivity contribution is 6.31. The van der Waals surface area contributed by atoms with Crippen LogP contribution < -0.4 is 10.2 Å². The molecule has 0 radical (unpaired) electrons. The van der Waals surface area contributed by atoms with Crippen molar-refractivity contribution in [2.24, 2.45) is 5.92 Å². The molecule has 7 heteroatoms. The van der Waals surface area contributed by atoms with E-state index in [9.17, 15) is 14.4 Å². The maximum Gasteiger partial charge on any atom is 0.311 e. The van der Waals surface area contributed by atoms with E-state index in [4.69, 9.17) is 16.3 Å². The molecule has 146 valence electrons. The van der Waals surface area contributed by atoms with Gasteiger partial charge in [-0.2, -0.15) is 0 Å². The summed E-state index contributed by atoms with van der Waals surface area (Å²) >= 11 is 6.12. The first-order valence-corrected chi connectivity index (χ1v) is 9.31. The van der Waals surface area contributed by atoms with Crippen LogP contribution >= 0.6 is 11.6 Å². The summed E-state index contributed by atoms with van der Waals surface area (Å²) in [5.41, 5.74) is 3.18. The van der Waals surface area contributed by atoms with Crippen molar-refractivity contribution >= 4 is 40.8 Å². The van der Waals surface area contributed by atoms with Crippen molar-refractivity contribution in [3.63, 3.8) is 0 Å². The number of carbonyl (C=O) groups is 3. The van der Waals surface area contributed by atoms with E-state index in [1.165, 1.54) is 0 Å². The van der Waals surface area contributed by atoms with Gasteiger partial charge in [0.25, 0.3) is 5.91 Å². The zero-order valence-electron chi connectivity index (χ0n) is 15.7. The Hall–Kier alpha value is -2.86. The minimum absolute atomic E-state index is 0.0460. The summed E-state index contributed by atoms with van der Waals surface area (Å²) in [6.07, 6.45) is 0.0460. The number of ether oxygens (including phenoxy) is 1. The lowest BCUT2D eigenvalue weighted by atomic mass is 10.1. The fraction of sp³-hybridized carbons (Fsp3) is 0.286. The third-order valence-corrected chi connectivity index (χ3v) is 5.08. The molecule has 0 bridgehead atoms. The number of nitrogens with zero attached hydrogens (tertiary/aromatic N) is 1. The predicted octanol–water partition coefficient (Wildman–Crippen LogP) is 3.49. The molecular formula is C21H21ClN2O4. The number of anilines is 2. The summed E-state index contributed by atoms with van der Waals surface area (Å²) in [5, 5.41) is 3.22. The lowest BCUT2D eigenvalue weighted by Gasteiger charge is -2.19. The molecule has 1 N–H and O–H groups in total. The third kappa shape index (κ3) is 4.51. The number of hydrogen-bond acceptors (Lipinski definition) is 4. The highest BCUT2D eigenvalue weighted by Gasteiger charge is 2.37. The smallest absolute Gasteiger partial charge is 0.311 e. The molecule has 0 unspecified atom stereocenters. The summed E-state index contributed by atoms with van der Waals surface area (Å²) in [6.45, 7) is 3.59. The normalized spacial score (nSPS) is 16.2. The first-order valence-electron chi connectivity index (χ1n) is 8.94. The van der Waals surface area contributed by atoms with Crippen LogP contribution in [-0.2, 0) is 19.1 Å². The Balaban J connectivity index is 1.55. The van der Waals surface area contributed by atoms with Crippen LogP contribution in [0, 0.1) is 19.8 Å². The molecule has 6 nitrogen and oxygen atoms in total. The van der Waals surface area contributed by atoms with Crippen molar-refractivity contribution in [2.75, 3.05) is 23.4 Å². The molecule has 2 aromatic rings. The van der Waals surface area contributed by atoms with Crippen molar-refractivity contribution in [1.29, 1.82) is 0 Å². The molecule has 1 saturated heterocycles. The third-order valence-electron chi connectivity index (χ3n) is 4.67. The molecule has 28 heavy (non-hydrogen) atoms. The molecule has 0 aromatic heterocycles. The average Bonchev–Trinajstić information content (AvgIpc) is 3.05. The minimum Gasteiger partial charge on any atom is -0.455 e. The number of nitrogens with one attached hydrogen (secondary N) is 1. The van der Waals surface area contributed by atoms with E-state index in [0.29, 0.717) is 16.4 Å². The molecule has 1 aliphatic heterocycles. The maximum absolute atomic E-state index is 12.4. The van der Waals surface area contributed by atoms with Crippen LogP contribution in [0.4, 0.5) is 11.4 Å². The van der Waals surface area contributed by atoms with Crippen LogP contribution in [0.25, 0.3) is 0 Å². The Kier molecular flexibility index (Phi) is 5.99. The topological polar surface area (TPSA) is 75.7 Å². The second-order valence-electron chi connectivity index (χ2n) is 6.81. The summed E-state index contributed by atoms with van der Waals surface area (Å²) in [5.74, 6) is -1.77. The minimum atomic E-state index is -0.613. The second kappa shape index (κ2) is 8.44. The zero-order chi connectivity index (χ0) is 20.3. The average molecular weight is 401 g/mol. The van der Waals surface area contributed by atoms with Crippen LogP contribution in [0.5, 0.6) is 0 Å². The van der Waals surface area contributed by atoms with Crippen molar-refractivity contribution in [3.05, 3.63) is 58.6 Å². The van der Waals surface area contributed by atoms with Gasteiger partial charge in [0.15, 0.2) is 6.61 Å². The SMILES string of the molecule is Cc1ccc(NC(=O)COC(=O)[C@H]2CC(=O)N(c3cccc(Cl)c3C)C2)cc1. The number of amides is 2. The lowest BCUT2D eigenvalue weighted by Crippen LogP contribution is -2.28. The molecule has 1 fully saturated rings. The molecule has 2 amide bonds. The molecule has 1 atom stereocenters. The Morgan fingerprint density at radius 1 is 1.18 bits per heavy atom. The molecule has 0 saturated carbocycles. The van der Waals surface area contributed by atoms with Crippen LogP contribution in [0.2, 0.25) is 5.02 Å². The van der Waals surface area contributed by atoms with Crippen LogP contribution in [0.1, 0.15) is 17.5 Å². The largest absolute Gasteiger partial charge is 0.455 e. The molecule has 1 aliphatic rings. The van der Waals surface area contributed by atoms with Gasteiger partial charge in [-0.05, 0) is 43.7 Å². The van der Waals surface area contributed by atoms with E-state index in [-0.39, 0.29) is 18.9 Å². The van der Waals surface area contributed by atoms with Gasteiger partial charge in [0.05, 0.1) is 5.92 Å². The van der Waals surface area contributed by atoms with Crippen LogP contribution in [0.3, 0.4) is 0 Å².